The fourth-order valence-electron chi connectivity index (χ4n) is 8.30. The molecule has 0 radical (unpaired) electrons. The van der Waals surface area contributed by atoms with Crippen molar-refractivity contribution in [2.45, 2.75) is 219 Å². The number of allylic oxidation sites excluding steroid dienone is 40. The largest absolute Gasteiger partial charge is 0.477 e. The van der Waals surface area contributed by atoms with E-state index in [1.54, 1.807) is 0 Å². The van der Waals surface area contributed by atoms with E-state index in [2.05, 4.69) is 257 Å². The number of carboxylic acids is 1. The van der Waals surface area contributed by atoms with Crippen LogP contribution in [0.4, 0.5) is 0 Å². The molecule has 0 fully saturated rings. The van der Waals surface area contributed by atoms with Crippen molar-refractivity contribution < 1.29 is 42.9 Å². The summed E-state index contributed by atoms with van der Waals surface area (Å²) >= 11 is 0. The van der Waals surface area contributed by atoms with Crippen LogP contribution in [0, 0.1) is 0 Å². The van der Waals surface area contributed by atoms with Crippen LogP contribution in [0.3, 0.4) is 0 Å². The minimum atomic E-state index is -1.55. The topological polar surface area (TPSA) is 108 Å². The number of likely N-dealkylation sites (N-methyl/N-ethyl adjacent to an activating group) is 1. The van der Waals surface area contributed by atoms with Crippen molar-refractivity contribution in [3.05, 3.63) is 243 Å². The van der Waals surface area contributed by atoms with Gasteiger partial charge in [-0.1, -0.05) is 270 Å². The zero-order valence-electron chi connectivity index (χ0n) is 58.5. The molecule has 0 saturated carbocycles. The fourth-order valence-corrected chi connectivity index (χ4v) is 8.30. The van der Waals surface area contributed by atoms with Gasteiger partial charge in [-0.2, -0.15) is 0 Å². The third-order valence-electron chi connectivity index (χ3n) is 13.6. The number of quaternary nitrogens is 1. The maximum absolute atomic E-state index is 12.9. The molecule has 2 unspecified atom stereocenters. The van der Waals surface area contributed by atoms with Gasteiger partial charge < -0.3 is 28.5 Å². The highest BCUT2D eigenvalue weighted by atomic mass is 16.7. The first kappa shape index (κ1) is 86.1. The number of esters is 2. The van der Waals surface area contributed by atoms with Crippen molar-refractivity contribution in [3.8, 4) is 0 Å². The predicted octanol–water partition coefficient (Wildman–Crippen LogP) is 22.5. The van der Waals surface area contributed by atoms with Crippen LogP contribution < -0.4 is 0 Å². The van der Waals surface area contributed by atoms with E-state index in [0.29, 0.717) is 23.9 Å². The Balaban J connectivity index is 4.37. The van der Waals surface area contributed by atoms with Crippen molar-refractivity contribution >= 4 is 17.9 Å². The second-order valence-electron chi connectivity index (χ2n) is 23.4. The SMILES string of the molecule is CC/C=C\C/C=C\C/C=C\C/C=C\C/C=C\C/C=C\C/C=C\C/C=C\C/C=C\C/C=C\C/C=C\CCCCCC(=O)OC(COC(=O)CCCCC/C=C\C/C=C\C/C=C\C/C=C\C/C=C\C/C=C\C/C=C\C/C=C\C/C=C\CC)COC(OCC[N+](C)(C)C)C(=O)O. The molecule has 0 heterocycles. The Hall–Kier alpha value is -6.91. The molecule has 0 aliphatic carbocycles. The number of hydrogen-bond donors (Lipinski definition) is 1. The summed E-state index contributed by atoms with van der Waals surface area (Å²) in [5.41, 5.74) is 0. The number of rotatable bonds is 61. The Morgan fingerprint density at radius 1 is 0.323 bits per heavy atom. The molecule has 0 spiro atoms. The maximum atomic E-state index is 12.9. The van der Waals surface area contributed by atoms with Crippen LogP contribution in [-0.2, 0) is 33.3 Å². The molecule has 0 aromatic carbocycles. The lowest BCUT2D eigenvalue weighted by Crippen LogP contribution is -2.40. The number of aliphatic carboxylic acids is 1. The summed E-state index contributed by atoms with van der Waals surface area (Å²) in [6, 6.07) is 0. The van der Waals surface area contributed by atoms with Crippen molar-refractivity contribution in [2.75, 3.05) is 47.5 Å². The lowest BCUT2D eigenvalue weighted by atomic mass is 10.1. The van der Waals surface area contributed by atoms with Gasteiger partial charge in [-0.15, -0.1) is 0 Å². The van der Waals surface area contributed by atoms with Gasteiger partial charge in [0.2, 0.25) is 0 Å². The molecule has 1 N–H and O–H groups in total. The van der Waals surface area contributed by atoms with Gasteiger partial charge in [0.25, 0.3) is 6.29 Å². The fraction of sp³-hybridized carbons (Fsp3) is 0.488. The normalized spacial score (nSPS) is 14.2. The van der Waals surface area contributed by atoms with Gasteiger partial charge in [-0.25, -0.2) is 4.79 Å². The smallest absolute Gasteiger partial charge is 0.361 e. The number of carbonyl (C=O) groups is 3. The van der Waals surface area contributed by atoms with Gasteiger partial charge in [0, 0.05) is 12.8 Å². The van der Waals surface area contributed by atoms with E-state index >= 15 is 0 Å². The highest BCUT2D eigenvalue weighted by Crippen LogP contribution is 2.12. The van der Waals surface area contributed by atoms with E-state index in [0.717, 1.165) is 167 Å². The van der Waals surface area contributed by atoms with Crippen LogP contribution in [-0.4, -0.2) is 87.4 Å². The molecule has 9 heteroatoms. The summed E-state index contributed by atoms with van der Waals surface area (Å²) in [7, 11) is 5.93. The summed E-state index contributed by atoms with van der Waals surface area (Å²) in [6.07, 6.45) is 113. The Morgan fingerprint density at radius 2 is 0.581 bits per heavy atom. The number of unbranched alkanes of at least 4 members (excludes halogenated alkanes) is 6. The maximum Gasteiger partial charge on any atom is 0.361 e. The quantitative estimate of drug-likeness (QED) is 0.0211. The van der Waals surface area contributed by atoms with E-state index in [4.69, 9.17) is 18.9 Å². The molecule has 0 saturated heterocycles. The van der Waals surface area contributed by atoms with Gasteiger partial charge >= 0.3 is 17.9 Å². The van der Waals surface area contributed by atoms with Crippen LogP contribution in [0.2, 0.25) is 0 Å². The minimum absolute atomic E-state index is 0.160. The third-order valence-corrected chi connectivity index (χ3v) is 13.6. The summed E-state index contributed by atoms with van der Waals surface area (Å²) in [6.45, 7) is 4.52. The lowest BCUT2D eigenvalue weighted by Gasteiger charge is -2.25. The predicted molar refractivity (Wildman–Crippen MR) is 400 cm³/mol. The first-order valence-corrected chi connectivity index (χ1v) is 35.2. The minimum Gasteiger partial charge on any atom is -0.477 e. The van der Waals surface area contributed by atoms with Crippen molar-refractivity contribution in [1.29, 1.82) is 0 Å². The molecule has 0 amide bonds. The van der Waals surface area contributed by atoms with E-state index in [9.17, 15) is 19.5 Å². The highest BCUT2D eigenvalue weighted by molar-refractivity contribution is 5.71. The molecule has 0 aliphatic heterocycles. The number of ether oxygens (including phenoxy) is 4. The average molecular weight is 1280 g/mol. The van der Waals surface area contributed by atoms with Crippen LogP contribution in [0.5, 0.6) is 0 Å². The van der Waals surface area contributed by atoms with Crippen LogP contribution >= 0.6 is 0 Å². The summed E-state index contributed by atoms with van der Waals surface area (Å²) < 4.78 is 22.9. The lowest BCUT2D eigenvalue weighted by molar-refractivity contribution is -0.870. The molecule has 2 atom stereocenters. The number of hydrogen-bond acceptors (Lipinski definition) is 7. The standard InChI is InChI=1S/C84H125NO8/c1-6-8-10-12-14-16-18-20-22-24-26-28-30-32-34-36-38-39-40-41-42-43-45-47-49-51-53-55-57-59-61-63-65-67-69-71-73-75-82(87)93-80(79-92-84(83(88)89)90-77-76-85(3,4)5)78-91-81(86)74-72-70-68-66-64-62-60-58-56-54-52-50-48-46-44-37-35-33-31-29-27-25-23-21-19-17-15-13-11-9-7-2/h8-11,14-17,20-23,26-29,32-35,38-39,41-42,44-47,50-53,56-59,62-65,80,84H,6-7,12-13,18-19,24-25,30-31,36-37,40,43,48-49,54-55,60-61,66-79H2,1-5H3/p+1/b10-8-,11-9-,16-14-,17-15-,22-20-,23-21-,28-26-,29-27-,34-32-,35-33-,39-38-,42-41-,46-44-,47-45-,52-50-,53-51-,58-56-,59-57-,64-62-,65-63-. The molecule has 0 aliphatic rings. The molecule has 0 rings (SSSR count). The van der Waals surface area contributed by atoms with Crippen molar-refractivity contribution in [1.82, 2.24) is 0 Å². The average Bonchev–Trinajstić information content (AvgIpc) is 3.73. The molecule has 9 nitrogen and oxygen atoms in total. The summed E-state index contributed by atoms with van der Waals surface area (Å²) in [5.74, 6) is -2.13. The van der Waals surface area contributed by atoms with Gasteiger partial charge in [-0.05, 0) is 167 Å². The van der Waals surface area contributed by atoms with Crippen LogP contribution in [0.25, 0.3) is 0 Å². The zero-order valence-corrected chi connectivity index (χ0v) is 58.5. The molecular formula is C84H126NO8+. The monoisotopic (exact) mass is 1280 g/mol. The van der Waals surface area contributed by atoms with Gasteiger partial charge in [0.05, 0.1) is 34.4 Å². The van der Waals surface area contributed by atoms with E-state index in [1.807, 2.05) is 21.1 Å². The molecule has 514 valence electrons. The second kappa shape index (κ2) is 70.9. The Labute approximate surface area is 567 Å². The molecule has 93 heavy (non-hydrogen) atoms. The van der Waals surface area contributed by atoms with E-state index < -0.39 is 30.3 Å². The molecule has 0 aromatic rings. The Bertz CT molecular complexity index is 2430. The number of nitrogens with zero attached hydrogens (tertiary/aromatic N) is 1. The third kappa shape index (κ3) is 72.4. The highest BCUT2D eigenvalue weighted by Gasteiger charge is 2.25. The van der Waals surface area contributed by atoms with E-state index in [1.165, 1.54) is 0 Å². The summed E-state index contributed by atoms with van der Waals surface area (Å²) in [5, 5.41) is 9.74. The van der Waals surface area contributed by atoms with Crippen molar-refractivity contribution in [3.63, 3.8) is 0 Å². The first-order valence-electron chi connectivity index (χ1n) is 35.2. The summed E-state index contributed by atoms with van der Waals surface area (Å²) in [4.78, 5) is 37.6. The molecular weight excluding hydrogens is 1150 g/mol. The number of carbonyl (C=O) groups excluding carboxylic acids is 2. The zero-order chi connectivity index (χ0) is 67.5. The Kier molecular flexibility index (Phi) is 65.7. The first-order chi connectivity index (χ1) is 45.6. The van der Waals surface area contributed by atoms with Gasteiger partial charge in [-0.3, -0.25) is 9.59 Å². The molecule has 0 bridgehead atoms. The number of carboxylic acid groups (broad SMARTS) is 1. The van der Waals surface area contributed by atoms with Crippen molar-refractivity contribution in [2.24, 2.45) is 0 Å². The van der Waals surface area contributed by atoms with Crippen LogP contribution in [0.15, 0.2) is 243 Å². The van der Waals surface area contributed by atoms with Crippen LogP contribution in [0.1, 0.15) is 206 Å². The Morgan fingerprint density at radius 3 is 0.839 bits per heavy atom. The molecule has 0 aromatic heterocycles. The van der Waals surface area contributed by atoms with E-state index in [-0.39, 0.29) is 32.7 Å². The van der Waals surface area contributed by atoms with Gasteiger partial charge in [0.1, 0.15) is 13.2 Å². The second-order valence-corrected chi connectivity index (χ2v) is 23.4. The van der Waals surface area contributed by atoms with Gasteiger partial charge in [0.15, 0.2) is 6.10 Å².